The second kappa shape index (κ2) is 8.63. The summed E-state index contributed by atoms with van der Waals surface area (Å²) in [7, 11) is 3.58. The van der Waals surface area contributed by atoms with Gasteiger partial charge in [0.1, 0.15) is 17.6 Å². The van der Waals surface area contributed by atoms with Crippen LogP contribution >= 0.6 is 11.3 Å². The molecule has 0 saturated heterocycles. The van der Waals surface area contributed by atoms with E-state index in [-0.39, 0.29) is 18.5 Å². The van der Waals surface area contributed by atoms with E-state index in [2.05, 4.69) is 5.10 Å². The van der Waals surface area contributed by atoms with E-state index in [0.717, 1.165) is 27.7 Å². The summed E-state index contributed by atoms with van der Waals surface area (Å²) in [5.41, 5.74) is 2.04. The number of carbonyl (C=O) groups is 1. The van der Waals surface area contributed by atoms with Crippen LogP contribution in [0.5, 0.6) is 5.75 Å². The topological polar surface area (TPSA) is 58.3 Å². The molecule has 1 unspecified atom stereocenters. The summed E-state index contributed by atoms with van der Waals surface area (Å²) < 4.78 is 10.8. The third-order valence-electron chi connectivity index (χ3n) is 4.86. The average molecular weight is 410 g/mol. The zero-order chi connectivity index (χ0) is 20.2. The zero-order valence-electron chi connectivity index (χ0n) is 16.4. The molecule has 1 aliphatic rings. The molecule has 29 heavy (non-hydrogen) atoms. The number of thiophene rings is 1. The van der Waals surface area contributed by atoms with E-state index in [1.165, 1.54) is 0 Å². The van der Waals surface area contributed by atoms with Gasteiger partial charge in [0, 0.05) is 13.0 Å². The van der Waals surface area contributed by atoms with Crippen LogP contribution in [0.3, 0.4) is 0 Å². The molecule has 4 rings (SSSR count). The molecule has 1 aliphatic heterocycles. The Labute approximate surface area is 174 Å². The van der Waals surface area contributed by atoms with Crippen molar-refractivity contribution in [3.05, 3.63) is 76.4 Å². The Hall–Kier alpha value is -2.90. The number of nitrogens with zero attached hydrogens (tertiary/aromatic N) is 3. The van der Waals surface area contributed by atoms with E-state index in [0.29, 0.717) is 13.0 Å². The summed E-state index contributed by atoms with van der Waals surface area (Å²) in [6.45, 7) is 0.931. The molecule has 0 spiro atoms. The fourth-order valence-electron chi connectivity index (χ4n) is 3.44. The molecule has 1 amide bonds. The van der Waals surface area contributed by atoms with Gasteiger partial charge in [-0.1, -0.05) is 18.2 Å². The van der Waals surface area contributed by atoms with Gasteiger partial charge in [0.25, 0.3) is 5.91 Å². The van der Waals surface area contributed by atoms with Gasteiger partial charge in [-0.05, 0) is 48.3 Å². The van der Waals surface area contributed by atoms with Crippen LogP contribution in [0.4, 0.5) is 0 Å². The van der Waals surface area contributed by atoms with Gasteiger partial charge < -0.3 is 9.15 Å². The van der Waals surface area contributed by atoms with Gasteiger partial charge in [-0.25, -0.2) is 5.01 Å². The maximum Gasteiger partial charge on any atom is 0.257 e. The number of carbonyl (C=O) groups excluding carboxylic acids is 1. The highest BCUT2D eigenvalue weighted by atomic mass is 32.1. The highest BCUT2D eigenvalue weighted by molar-refractivity contribution is 7.12. The lowest BCUT2D eigenvalue weighted by molar-refractivity contribution is -0.134. The van der Waals surface area contributed by atoms with Crippen molar-refractivity contribution >= 4 is 23.0 Å². The van der Waals surface area contributed by atoms with Crippen LogP contribution in [0.2, 0.25) is 0 Å². The van der Waals surface area contributed by atoms with Crippen molar-refractivity contribution in [1.82, 2.24) is 9.91 Å². The molecular weight excluding hydrogens is 386 g/mol. The summed E-state index contributed by atoms with van der Waals surface area (Å²) in [6.07, 6.45) is 2.29. The monoisotopic (exact) mass is 409 g/mol. The summed E-state index contributed by atoms with van der Waals surface area (Å²) in [6, 6.07) is 15.4. The van der Waals surface area contributed by atoms with Gasteiger partial charge in [0.05, 0.1) is 30.5 Å². The van der Waals surface area contributed by atoms with Gasteiger partial charge in [0.2, 0.25) is 0 Å². The number of hydrogen-bond donors (Lipinski definition) is 0. The minimum absolute atomic E-state index is 0.0473. The third-order valence-corrected chi connectivity index (χ3v) is 5.78. The molecule has 6 nitrogen and oxygen atoms in total. The van der Waals surface area contributed by atoms with Crippen molar-refractivity contribution in [2.45, 2.75) is 19.0 Å². The number of amides is 1. The van der Waals surface area contributed by atoms with E-state index in [4.69, 9.17) is 9.15 Å². The lowest BCUT2D eigenvalue weighted by atomic mass is 10.1. The molecule has 1 atom stereocenters. The Bertz CT molecular complexity index is 965. The van der Waals surface area contributed by atoms with Crippen LogP contribution in [0.1, 0.15) is 28.7 Å². The molecule has 1 aromatic carbocycles. The van der Waals surface area contributed by atoms with Crippen molar-refractivity contribution in [2.75, 3.05) is 20.7 Å². The molecule has 0 aliphatic carbocycles. The predicted molar refractivity (Wildman–Crippen MR) is 113 cm³/mol. The molecule has 3 heterocycles. The highest BCUT2D eigenvalue weighted by Crippen LogP contribution is 2.34. The van der Waals surface area contributed by atoms with Crippen LogP contribution in [0.25, 0.3) is 0 Å². The first-order valence-corrected chi connectivity index (χ1v) is 10.3. The first-order valence-electron chi connectivity index (χ1n) is 9.42. The molecule has 0 radical (unpaired) electrons. The van der Waals surface area contributed by atoms with Gasteiger partial charge in [0.15, 0.2) is 0 Å². The highest BCUT2D eigenvalue weighted by Gasteiger charge is 2.35. The van der Waals surface area contributed by atoms with E-state index < -0.39 is 0 Å². The third kappa shape index (κ3) is 4.41. The lowest BCUT2D eigenvalue weighted by Gasteiger charge is -2.23. The Balaban J connectivity index is 1.46. The van der Waals surface area contributed by atoms with Gasteiger partial charge in [-0.15, -0.1) is 11.3 Å². The Morgan fingerprint density at radius 2 is 2.10 bits per heavy atom. The van der Waals surface area contributed by atoms with Crippen molar-refractivity contribution in [2.24, 2.45) is 5.10 Å². The minimum Gasteiger partial charge on any atom is -0.497 e. The van der Waals surface area contributed by atoms with Crippen molar-refractivity contribution < 1.29 is 13.9 Å². The van der Waals surface area contributed by atoms with Crippen LogP contribution in [0, 0.1) is 0 Å². The smallest absolute Gasteiger partial charge is 0.257 e. The molecule has 2 aromatic heterocycles. The van der Waals surface area contributed by atoms with Crippen molar-refractivity contribution in [3.8, 4) is 5.75 Å². The fourth-order valence-corrected chi connectivity index (χ4v) is 4.16. The standard InChI is InChI=1S/C22H23N3O3S/c1-24(14-16-7-9-17(27-2)10-8-16)15-22(26)25-19(20-5-3-11-28-20)13-18(23-25)21-6-4-12-29-21/h3-12,19H,13-15H2,1-2H3. The summed E-state index contributed by atoms with van der Waals surface area (Å²) >= 11 is 1.63. The van der Waals surface area contributed by atoms with Crippen molar-refractivity contribution in [3.63, 3.8) is 0 Å². The molecule has 7 heteroatoms. The largest absolute Gasteiger partial charge is 0.497 e. The predicted octanol–water partition coefficient (Wildman–Crippen LogP) is 4.16. The fraction of sp³-hybridized carbons (Fsp3) is 0.273. The normalized spacial score (nSPS) is 16.3. The Morgan fingerprint density at radius 1 is 1.28 bits per heavy atom. The molecule has 0 N–H and O–H groups in total. The van der Waals surface area contributed by atoms with Crippen molar-refractivity contribution in [1.29, 1.82) is 0 Å². The first kappa shape index (κ1) is 19.4. The number of likely N-dealkylation sites (N-methyl/N-ethyl adjacent to an activating group) is 1. The SMILES string of the molecule is COc1ccc(CN(C)CC(=O)N2N=C(c3cccs3)CC2c2ccco2)cc1. The molecule has 0 saturated carbocycles. The lowest BCUT2D eigenvalue weighted by Crippen LogP contribution is -2.36. The number of methoxy groups -OCH3 is 1. The van der Waals surface area contributed by atoms with Crippen LogP contribution in [-0.2, 0) is 11.3 Å². The zero-order valence-corrected chi connectivity index (χ0v) is 17.3. The van der Waals surface area contributed by atoms with Crippen LogP contribution in [-0.4, -0.2) is 42.2 Å². The molecular formula is C22H23N3O3S. The maximum atomic E-state index is 13.1. The van der Waals surface area contributed by atoms with E-state index in [1.54, 1.807) is 29.7 Å². The van der Waals surface area contributed by atoms with Crippen LogP contribution in [0.15, 0.2) is 69.7 Å². The summed E-state index contributed by atoms with van der Waals surface area (Å²) in [5, 5.41) is 8.26. The number of hydrazone groups is 1. The summed E-state index contributed by atoms with van der Waals surface area (Å²) in [5.74, 6) is 1.53. The molecule has 3 aromatic rings. The second-order valence-corrected chi connectivity index (χ2v) is 7.97. The number of hydrogen-bond acceptors (Lipinski definition) is 6. The quantitative estimate of drug-likeness (QED) is 0.588. The molecule has 150 valence electrons. The number of rotatable bonds is 7. The molecule has 0 bridgehead atoms. The first-order chi connectivity index (χ1) is 14.1. The van der Waals surface area contributed by atoms with Gasteiger partial charge in [-0.3, -0.25) is 9.69 Å². The Kier molecular flexibility index (Phi) is 5.78. The van der Waals surface area contributed by atoms with E-state index in [1.807, 2.05) is 65.9 Å². The average Bonchev–Trinajstić information content (AvgIpc) is 3.49. The maximum absolute atomic E-state index is 13.1. The minimum atomic E-state index is -0.205. The van der Waals surface area contributed by atoms with E-state index >= 15 is 0 Å². The van der Waals surface area contributed by atoms with E-state index in [9.17, 15) is 4.79 Å². The Morgan fingerprint density at radius 3 is 2.76 bits per heavy atom. The summed E-state index contributed by atoms with van der Waals surface area (Å²) in [4.78, 5) is 16.2. The van der Waals surface area contributed by atoms with Crippen LogP contribution < -0.4 is 4.74 Å². The molecule has 0 fully saturated rings. The van der Waals surface area contributed by atoms with Gasteiger partial charge in [-0.2, -0.15) is 5.10 Å². The number of furan rings is 1. The van der Waals surface area contributed by atoms with Gasteiger partial charge >= 0.3 is 0 Å². The second-order valence-electron chi connectivity index (χ2n) is 7.02. The number of ether oxygens (including phenoxy) is 1. The number of benzene rings is 1.